The number of halogens is 3. The van der Waals surface area contributed by atoms with Crippen LogP contribution in [-0.2, 0) is 7.05 Å². The molecule has 4 rings (SSSR count). The number of hydrogen-bond acceptors (Lipinski definition) is 5. The molecule has 1 aliphatic carbocycles. The second-order valence-corrected chi connectivity index (χ2v) is 6.86. The Labute approximate surface area is 159 Å². The van der Waals surface area contributed by atoms with Crippen LogP contribution < -0.4 is 4.74 Å². The summed E-state index contributed by atoms with van der Waals surface area (Å²) in [6.07, 6.45) is 3.00. The van der Waals surface area contributed by atoms with Crippen LogP contribution >= 0.6 is 0 Å². The molecular weight excluding hydrogens is 373 g/mol. The molecule has 1 fully saturated rings. The first kappa shape index (κ1) is 18.5. The van der Waals surface area contributed by atoms with Gasteiger partial charge in [-0.3, -0.25) is 9.67 Å². The Hall–Kier alpha value is -2.81. The summed E-state index contributed by atoms with van der Waals surface area (Å²) < 4.78 is 42.9. The summed E-state index contributed by atoms with van der Waals surface area (Å²) in [6.45, 7) is 0. The van der Waals surface area contributed by atoms with Crippen LogP contribution in [0.1, 0.15) is 30.1 Å². The zero-order valence-electron chi connectivity index (χ0n) is 15.0. The van der Waals surface area contributed by atoms with Gasteiger partial charge in [0.25, 0.3) is 0 Å². The van der Waals surface area contributed by atoms with Gasteiger partial charge < -0.3 is 14.7 Å². The monoisotopic (exact) mass is 392 g/mol. The highest BCUT2D eigenvalue weighted by Crippen LogP contribution is 2.41. The average molecular weight is 392 g/mol. The predicted molar refractivity (Wildman–Crippen MR) is 96.4 cm³/mol. The lowest BCUT2D eigenvalue weighted by Crippen LogP contribution is -2.51. The van der Waals surface area contributed by atoms with Crippen molar-refractivity contribution >= 4 is 11.9 Å². The standard InChI is InChI=1S/C19H19F3N4O2/c1-25-11-13(10-24-25)18-23-9-8-15(26(18)16-6-7-17(16)27)12-2-4-14(5-3-12)28-19(20,21)22/h2-5,8-11,16-18,27H,6-7H2,1H3/t16-,17-,18?/m1/s1. The van der Waals surface area contributed by atoms with Crippen molar-refractivity contribution < 1.29 is 23.0 Å². The lowest BCUT2D eigenvalue weighted by Gasteiger charge is -2.47. The van der Waals surface area contributed by atoms with Gasteiger partial charge in [0.15, 0.2) is 6.17 Å². The highest BCUT2D eigenvalue weighted by Gasteiger charge is 2.40. The van der Waals surface area contributed by atoms with Crippen LogP contribution in [0.15, 0.2) is 47.7 Å². The summed E-state index contributed by atoms with van der Waals surface area (Å²) in [6, 6.07) is 5.59. The quantitative estimate of drug-likeness (QED) is 0.868. The van der Waals surface area contributed by atoms with Crippen LogP contribution in [-0.4, -0.2) is 44.5 Å². The molecule has 9 heteroatoms. The van der Waals surface area contributed by atoms with E-state index in [1.165, 1.54) is 12.1 Å². The molecule has 0 amide bonds. The summed E-state index contributed by atoms with van der Waals surface area (Å²) in [7, 11) is 1.81. The topological polar surface area (TPSA) is 62.9 Å². The molecule has 148 valence electrons. The van der Waals surface area contributed by atoms with Gasteiger partial charge in [-0.1, -0.05) is 0 Å². The molecule has 3 atom stereocenters. The Kier molecular flexibility index (Phi) is 4.62. The zero-order valence-corrected chi connectivity index (χ0v) is 15.0. The molecule has 0 radical (unpaired) electrons. The van der Waals surface area contributed by atoms with E-state index in [0.29, 0.717) is 12.0 Å². The first-order chi connectivity index (χ1) is 13.3. The number of aliphatic imine (C=N–C) groups is 1. The number of hydrogen-bond donors (Lipinski definition) is 1. The van der Waals surface area contributed by atoms with Gasteiger partial charge in [0.1, 0.15) is 5.75 Å². The molecule has 1 N–H and O–H groups in total. The number of ether oxygens (including phenoxy) is 1. The molecule has 1 saturated carbocycles. The fourth-order valence-electron chi connectivity index (χ4n) is 3.53. The van der Waals surface area contributed by atoms with E-state index in [-0.39, 0.29) is 18.0 Å². The van der Waals surface area contributed by atoms with Crippen molar-refractivity contribution in [2.24, 2.45) is 12.0 Å². The molecule has 0 spiro atoms. The first-order valence-electron chi connectivity index (χ1n) is 8.86. The number of alkyl halides is 3. The average Bonchev–Trinajstić information content (AvgIpc) is 3.06. The predicted octanol–water partition coefficient (Wildman–Crippen LogP) is 3.27. The van der Waals surface area contributed by atoms with Crippen molar-refractivity contribution in [3.8, 4) is 5.75 Å². The van der Waals surface area contributed by atoms with Gasteiger partial charge in [0.05, 0.1) is 18.3 Å². The molecule has 1 aliphatic heterocycles. The fraction of sp³-hybridized carbons (Fsp3) is 0.368. The Morgan fingerprint density at radius 3 is 2.46 bits per heavy atom. The second kappa shape index (κ2) is 6.97. The summed E-state index contributed by atoms with van der Waals surface area (Å²) >= 11 is 0. The maximum Gasteiger partial charge on any atom is 0.573 e. The van der Waals surface area contributed by atoms with E-state index in [9.17, 15) is 18.3 Å². The van der Waals surface area contributed by atoms with Gasteiger partial charge in [0, 0.05) is 30.7 Å². The van der Waals surface area contributed by atoms with Crippen molar-refractivity contribution in [1.29, 1.82) is 0 Å². The van der Waals surface area contributed by atoms with Gasteiger partial charge in [0.2, 0.25) is 0 Å². The summed E-state index contributed by atoms with van der Waals surface area (Å²) in [4.78, 5) is 6.58. The third-order valence-corrected chi connectivity index (χ3v) is 4.97. The molecule has 1 aromatic carbocycles. The van der Waals surface area contributed by atoms with Crippen molar-refractivity contribution in [1.82, 2.24) is 14.7 Å². The van der Waals surface area contributed by atoms with Crippen molar-refractivity contribution in [2.45, 2.75) is 37.5 Å². The van der Waals surface area contributed by atoms with E-state index in [2.05, 4.69) is 14.8 Å². The number of aliphatic hydroxyl groups excluding tert-OH is 1. The molecule has 2 aromatic rings. The Balaban J connectivity index is 1.66. The highest BCUT2D eigenvalue weighted by atomic mass is 19.4. The van der Waals surface area contributed by atoms with Gasteiger partial charge in [-0.2, -0.15) is 5.10 Å². The van der Waals surface area contributed by atoms with Gasteiger partial charge in [-0.05, 0) is 48.7 Å². The van der Waals surface area contributed by atoms with E-state index in [4.69, 9.17) is 0 Å². The minimum atomic E-state index is -4.73. The normalized spacial score (nSPS) is 24.7. The van der Waals surface area contributed by atoms with Crippen LogP contribution in [0, 0.1) is 0 Å². The highest BCUT2D eigenvalue weighted by molar-refractivity contribution is 5.86. The molecule has 2 aliphatic rings. The minimum absolute atomic E-state index is 0.125. The maximum absolute atomic E-state index is 12.4. The van der Waals surface area contributed by atoms with E-state index in [1.54, 1.807) is 35.3 Å². The molecule has 1 unspecified atom stereocenters. The summed E-state index contributed by atoms with van der Waals surface area (Å²) in [5, 5.41) is 14.5. The lowest BCUT2D eigenvalue weighted by molar-refractivity contribution is -0.274. The van der Waals surface area contributed by atoms with Gasteiger partial charge >= 0.3 is 6.36 Å². The number of aromatic nitrogens is 2. The molecule has 6 nitrogen and oxygen atoms in total. The smallest absolute Gasteiger partial charge is 0.406 e. The van der Waals surface area contributed by atoms with E-state index >= 15 is 0 Å². The van der Waals surface area contributed by atoms with E-state index in [0.717, 1.165) is 17.7 Å². The second-order valence-electron chi connectivity index (χ2n) is 6.86. The molecule has 0 bridgehead atoms. The molecule has 28 heavy (non-hydrogen) atoms. The number of benzene rings is 1. The number of rotatable bonds is 4. The number of allylic oxidation sites excluding steroid dienone is 1. The van der Waals surface area contributed by atoms with Crippen molar-refractivity contribution in [2.75, 3.05) is 0 Å². The summed E-state index contributed by atoms with van der Waals surface area (Å²) in [5.41, 5.74) is 2.38. The zero-order chi connectivity index (χ0) is 19.9. The lowest BCUT2D eigenvalue weighted by atomic mass is 9.85. The van der Waals surface area contributed by atoms with Crippen molar-refractivity contribution in [3.63, 3.8) is 0 Å². The van der Waals surface area contributed by atoms with Gasteiger partial charge in [-0.25, -0.2) is 0 Å². The largest absolute Gasteiger partial charge is 0.573 e. The fourth-order valence-corrected chi connectivity index (χ4v) is 3.53. The Morgan fingerprint density at radius 2 is 1.93 bits per heavy atom. The SMILES string of the molecule is Cn1cc(C2N=CC=C(c3ccc(OC(F)(F)F)cc3)N2[C@@H]2CC[C@H]2O)cn1. The number of aliphatic hydroxyl groups is 1. The van der Waals surface area contributed by atoms with Crippen LogP contribution in [0.5, 0.6) is 5.75 Å². The van der Waals surface area contributed by atoms with E-state index < -0.39 is 12.5 Å². The maximum atomic E-state index is 12.4. The van der Waals surface area contributed by atoms with Crippen LogP contribution in [0.25, 0.3) is 5.70 Å². The number of nitrogens with zero attached hydrogens (tertiary/aromatic N) is 4. The van der Waals surface area contributed by atoms with Crippen LogP contribution in [0.4, 0.5) is 13.2 Å². The third-order valence-electron chi connectivity index (χ3n) is 4.97. The molecule has 1 aromatic heterocycles. The minimum Gasteiger partial charge on any atom is -0.406 e. The van der Waals surface area contributed by atoms with Crippen molar-refractivity contribution in [3.05, 3.63) is 53.9 Å². The first-order valence-corrected chi connectivity index (χ1v) is 8.86. The van der Waals surface area contributed by atoms with Crippen LogP contribution in [0.2, 0.25) is 0 Å². The Bertz CT molecular complexity index is 905. The summed E-state index contributed by atoms with van der Waals surface area (Å²) in [5.74, 6) is -0.277. The molecule has 2 heterocycles. The van der Waals surface area contributed by atoms with Gasteiger partial charge in [-0.15, -0.1) is 13.2 Å². The molecular formula is C19H19F3N4O2. The van der Waals surface area contributed by atoms with Crippen LogP contribution in [0.3, 0.4) is 0 Å². The number of aryl methyl sites for hydroxylation is 1. The third kappa shape index (κ3) is 3.62. The van der Waals surface area contributed by atoms with E-state index in [1.807, 2.05) is 18.1 Å². The molecule has 0 saturated heterocycles. The Morgan fingerprint density at radius 1 is 1.18 bits per heavy atom.